The molecule has 0 bridgehead atoms. The Hall–Kier alpha value is -3.65. The number of hydrogen-bond acceptors (Lipinski definition) is 7. The Morgan fingerprint density at radius 1 is 0.970 bits per heavy atom. The van der Waals surface area contributed by atoms with Crippen molar-refractivity contribution >= 4 is 22.9 Å². The molecule has 0 aliphatic carbocycles. The van der Waals surface area contributed by atoms with Gasteiger partial charge in [-0.2, -0.15) is 4.58 Å². The zero-order valence-corrected chi connectivity index (χ0v) is 18.5. The standard InChI is InChI=1S/C25H26NO7/c1-29-23(27)10-11-24(28)32-17-31-21-16-22(26-12-14-30-15-13-26)33-25-19(8-5-9-20(21)25)18-6-3-2-4-7-18/h2-9,16H,10-15,17H2,1H3/q+1. The second-order valence-electron chi connectivity index (χ2n) is 7.45. The summed E-state index contributed by atoms with van der Waals surface area (Å²) in [5, 5.41) is 0.763. The molecule has 0 radical (unpaired) electrons. The predicted octanol–water partition coefficient (Wildman–Crippen LogP) is 2.73. The molecule has 0 saturated carbocycles. The van der Waals surface area contributed by atoms with Crippen LogP contribution >= 0.6 is 0 Å². The first-order valence-corrected chi connectivity index (χ1v) is 10.8. The van der Waals surface area contributed by atoms with Gasteiger partial charge in [0.2, 0.25) is 6.79 Å². The topological polar surface area (TPSA) is 87.2 Å². The third-order valence-electron chi connectivity index (χ3n) is 5.34. The molecule has 33 heavy (non-hydrogen) atoms. The Labute approximate surface area is 191 Å². The molecule has 4 rings (SSSR count). The van der Waals surface area contributed by atoms with E-state index in [1.807, 2.05) is 54.6 Å². The number of carbonyl (C=O) groups excluding carboxylic acids is 2. The van der Waals surface area contributed by atoms with Crippen molar-refractivity contribution in [1.29, 1.82) is 0 Å². The number of benzene rings is 2. The largest absolute Gasteiger partial charge is 0.469 e. The monoisotopic (exact) mass is 452 g/mol. The van der Waals surface area contributed by atoms with Gasteiger partial charge in [-0.15, -0.1) is 0 Å². The molecular weight excluding hydrogens is 426 g/mol. The van der Waals surface area contributed by atoms with Gasteiger partial charge in [-0.1, -0.05) is 42.5 Å². The second-order valence-corrected chi connectivity index (χ2v) is 7.45. The minimum absolute atomic E-state index is 0.0376. The summed E-state index contributed by atoms with van der Waals surface area (Å²) in [5.74, 6) is -0.466. The number of esters is 2. The highest BCUT2D eigenvalue weighted by atomic mass is 16.7. The Kier molecular flexibility index (Phi) is 7.36. The fourth-order valence-electron chi connectivity index (χ4n) is 3.61. The molecule has 1 aliphatic rings. The molecule has 1 fully saturated rings. The molecular formula is C25H26NO7+. The predicted molar refractivity (Wildman–Crippen MR) is 120 cm³/mol. The van der Waals surface area contributed by atoms with E-state index in [1.54, 1.807) is 0 Å². The molecule has 1 aliphatic heterocycles. The van der Waals surface area contributed by atoms with Gasteiger partial charge in [-0.3, -0.25) is 9.59 Å². The summed E-state index contributed by atoms with van der Waals surface area (Å²) in [6.45, 7) is 2.34. The molecule has 0 unspecified atom stereocenters. The lowest BCUT2D eigenvalue weighted by atomic mass is 10.0. The van der Waals surface area contributed by atoms with Gasteiger partial charge in [0.05, 0.1) is 31.4 Å². The van der Waals surface area contributed by atoms with Gasteiger partial charge < -0.3 is 23.4 Å². The van der Waals surface area contributed by atoms with Crippen LogP contribution in [0.1, 0.15) is 12.8 Å². The molecule has 2 aromatic carbocycles. The highest BCUT2D eigenvalue weighted by molar-refractivity contribution is 5.95. The second kappa shape index (κ2) is 10.8. The average Bonchev–Trinajstić information content (AvgIpc) is 2.87. The quantitative estimate of drug-likeness (QED) is 0.309. The van der Waals surface area contributed by atoms with Gasteiger partial charge in [-0.05, 0) is 11.6 Å². The van der Waals surface area contributed by atoms with Gasteiger partial charge in [0.15, 0.2) is 18.7 Å². The minimum atomic E-state index is -0.538. The molecule has 172 valence electrons. The number of ether oxygens (including phenoxy) is 4. The highest BCUT2D eigenvalue weighted by Crippen LogP contribution is 2.32. The van der Waals surface area contributed by atoms with Crippen LogP contribution in [0.5, 0.6) is 5.75 Å². The summed E-state index contributed by atoms with van der Waals surface area (Å²) in [4.78, 5) is 23.1. The number of para-hydroxylation sites is 1. The van der Waals surface area contributed by atoms with E-state index < -0.39 is 11.9 Å². The SMILES string of the molecule is COC(=O)CCC(=O)OCOc1cc(=[N+]2CCOCC2)oc2c(-c3ccccc3)cccc12. The number of nitrogens with zero attached hydrogens (tertiary/aromatic N) is 1. The van der Waals surface area contributed by atoms with Gasteiger partial charge in [0.25, 0.3) is 0 Å². The van der Waals surface area contributed by atoms with Crippen molar-refractivity contribution in [3.63, 3.8) is 0 Å². The van der Waals surface area contributed by atoms with Crippen LogP contribution in [0.3, 0.4) is 0 Å². The van der Waals surface area contributed by atoms with Crippen molar-refractivity contribution in [3.05, 3.63) is 60.2 Å². The summed E-state index contributed by atoms with van der Waals surface area (Å²) in [6, 6.07) is 17.6. The van der Waals surface area contributed by atoms with Gasteiger partial charge in [-0.25, -0.2) is 0 Å². The maximum Gasteiger partial charge on any atom is 0.371 e. The maximum atomic E-state index is 11.9. The van der Waals surface area contributed by atoms with Gasteiger partial charge in [0.1, 0.15) is 19.0 Å². The fourth-order valence-corrected chi connectivity index (χ4v) is 3.61. The number of carbonyl (C=O) groups is 2. The van der Waals surface area contributed by atoms with Crippen LogP contribution in [0.25, 0.3) is 22.1 Å². The Balaban J connectivity index is 1.66. The third-order valence-corrected chi connectivity index (χ3v) is 5.34. The summed E-state index contributed by atoms with van der Waals surface area (Å²) in [5.41, 5.74) is 3.29. The molecule has 2 heterocycles. The number of fused-ring (bicyclic) bond motifs is 1. The van der Waals surface area contributed by atoms with Crippen molar-refractivity contribution in [3.8, 4) is 16.9 Å². The van der Waals surface area contributed by atoms with E-state index >= 15 is 0 Å². The summed E-state index contributed by atoms with van der Waals surface area (Å²) >= 11 is 0. The summed E-state index contributed by atoms with van der Waals surface area (Å²) < 4.78 is 29.5. The lowest BCUT2D eigenvalue weighted by molar-refractivity contribution is -0.153. The smallest absolute Gasteiger partial charge is 0.371 e. The van der Waals surface area contributed by atoms with Crippen molar-refractivity contribution in [2.24, 2.45) is 0 Å². The lowest BCUT2D eigenvalue weighted by Gasteiger charge is -2.13. The number of hydrogen-bond donors (Lipinski definition) is 0. The van der Waals surface area contributed by atoms with E-state index in [9.17, 15) is 9.59 Å². The van der Waals surface area contributed by atoms with E-state index in [0.29, 0.717) is 43.2 Å². The maximum absolute atomic E-state index is 11.9. The highest BCUT2D eigenvalue weighted by Gasteiger charge is 2.18. The number of rotatable bonds is 7. The van der Waals surface area contributed by atoms with Crippen molar-refractivity contribution < 1.29 is 33.0 Å². The van der Waals surface area contributed by atoms with Crippen LogP contribution in [0, 0.1) is 0 Å². The fraction of sp³-hybridized carbons (Fsp3) is 0.320. The van der Waals surface area contributed by atoms with Gasteiger partial charge in [0, 0.05) is 5.56 Å². The molecule has 0 atom stereocenters. The van der Waals surface area contributed by atoms with Crippen LogP contribution in [-0.4, -0.2) is 52.1 Å². The van der Waals surface area contributed by atoms with Crippen molar-refractivity contribution in [2.45, 2.75) is 12.8 Å². The molecule has 1 aromatic heterocycles. The molecule has 0 spiro atoms. The van der Waals surface area contributed by atoms with E-state index in [0.717, 1.165) is 16.5 Å². The first-order valence-electron chi connectivity index (χ1n) is 10.8. The van der Waals surface area contributed by atoms with Crippen molar-refractivity contribution in [1.82, 2.24) is 4.58 Å². The third kappa shape index (κ3) is 5.59. The van der Waals surface area contributed by atoms with Crippen molar-refractivity contribution in [2.75, 3.05) is 40.2 Å². The Morgan fingerprint density at radius 2 is 1.73 bits per heavy atom. The van der Waals surface area contributed by atoms with Crippen LogP contribution < -0.4 is 14.9 Å². The van der Waals surface area contributed by atoms with Gasteiger partial charge >= 0.3 is 17.5 Å². The number of methoxy groups -OCH3 is 1. The normalized spacial score (nSPS) is 13.5. The Morgan fingerprint density at radius 3 is 2.48 bits per heavy atom. The number of morpholine rings is 1. The lowest BCUT2D eigenvalue weighted by Crippen LogP contribution is -2.39. The van der Waals surface area contributed by atoms with Crippen LogP contribution in [0.15, 0.2) is 59.0 Å². The van der Waals surface area contributed by atoms with E-state index in [4.69, 9.17) is 18.6 Å². The van der Waals surface area contributed by atoms with Crippen LogP contribution in [0.4, 0.5) is 0 Å². The zero-order chi connectivity index (χ0) is 23.0. The zero-order valence-electron chi connectivity index (χ0n) is 18.5. The summed E-state index contributed by atoms with van der Waals surface area (Å²) in [6.07, 6.45) is -0.109. The summed E-state index contributed by atoms with van der Waals surface area (Å²) in [7, 11) is 1.28. The first kappa shape index (κ1) is 22.5. The van der Waals surface area contributed by atoms with Crippen LogP contribution in [-0.2, 0) is 23.8 Å². The molecule has 0 amide bonds. The minimum Gasteiger partial charge on any atom is -0.469 e. The first-order chi connectivity index (χ1) is 16.2. The molecule has 3 aromatic rings. The van der Waals surface area contributed by atoms with Crippen LogP contribution in [0.2, 0.25) is 0 Å². The average molecular weight is 452 g/mol. The van der Waals surface area contributed by atoms with E-state index in [2.05, 4.69) is 9.31 Å². The van der Waals surface area contributed by atoms with E-state index in [-0.39, 0.29) is 19.6 Å². The molecule has 8 nitrogen and oxygen atoms in total. The Bertz CT molecular complexity index is 1190. The molecule has 0 N–H and O–H groups in total. The molecule has 8 heteroatoms. The molecule has 1 saturated heterocycles. The van der Waals surface area contributed by atoms with E-state index in [1.165, 1.54) is 7.11 Å².